The number of nitrogens with zero attached hydrogens (tertiary/aromatic N) is 1. The number of amidine groups is 1. The summed E-state index contributed by atoms with van der Waals surface area (Å²) in [6.07, 6.45) is 0. The summed E-state index contributed by atoms with van der Waals surface area (Å²) in [5.74, 6) is -0.688. The van der Waals surface area contributed by atoms with Crippen molar-refractivity contribution in [3.05, 3.63) is 64.2 Å². The average Bonchev–Trinajstić information content (AvgIpc) is 2.70. The third-order valence-corrected chi connectivity index (χ3v) is 3.44. The second-order valence-corrected chi connectivity index (χ2v) is 4.74. The Hall–Kier alpha value is -1.94. The van der Waals surface area contributed by atoms with Crippen molar-refractivity contribution in [2.24, 2.45) is 0 Å². The molecule has 0 unspecified atom stereocenters. The minimum atomic E-state index is -0.422. The summed E-state index contributed by atoms with van der Waals surface area (Å²) in [5.41, 5.74) is 1.76. The lowest BCUT2D eigenvalue weighted by atomic mass is 10.1. The first-order chi connectivity index (χ1) is 9.06. The van der Waals surface area contributed by atoms with Crippen molar-refractivity contribution in [1.82, 2.24) is 0 Å². The van der Waals surface area contributed by atoms with Crippen LogP contribution >= 0.6 is 11.6 Å². The second-order valence-electron chi connectivity index (χ2n) is 4.33. The number of nitrogens with one attached hydrogen (secondary N) is 1. The fourth-order valence-corrected chi connectivity index (χ4v) is 2.42. The lowest BCUT2D eigenvalue weighted by Gasteiger charge is -2.19. The summed E-state index contributed by atoms with van der Waals surface area (Å²) in [7, 11) is 0. The third-order valence-electron chi connectivity index (χ3n) is 3.12. The lowest BCUT2D eigenvalue weighted by Crippen LogP contribution is -2.23. The maximum Gasteiger partial charge on any atom is 0.133 e. The highest BCUT2D eigenvalue weighted by molar-refractivity contribution is 6.34. The van der Waals surface area contributed by atoms with Crippen LogP contribution in [-0.2, 0) is 6.54 Å². The summed E-state index contributed by atoms with van der Waals surface area (Å²) in [4.78, 5) is 1.56. The van der Waals surface area contributed by atoms with E-state index in [2.05, 4.69) is 0 Å². The molecule has 5 heteroatoms. The molecule has 1 N–H and O–H groups in total. The van der Waals surface area contributed by atoms with E-state index in [0.29, 0.717) is 22.8 Å². The number of benzene rings is 2. The number of halogens is 3. The van der Waals surface area contributed by atoms with E-state index in [0.717, 1.165) is 5.56 Å². The van der Waals surface area contributed by atoms with Gasteiger partial charge in [-0.1, -0.05) is 17.7 Å². The van der Waals surface area contributed by atoms with Gasteiger partial charge in [0.15, 0.2) is 0 Å². The molecule has 0 bridgehead atoms. The molecule has 0 amide bonds. The van der Waals surface area contributed by atoms with Gasteiger partial charge in [0.2, 0.25) is 0 Å². The van der Waals surface area contributed by atoms with Crippen molar-refractivity contribution in [2.75, 3.05) is 4.90 Å². The van der Waals surface area contributed by atoms with Crippen molar-refractivity contribution in [1.29, 1.82) is 5.41 Å². The van der Waals surface area contributed by atoms with Crippen molar-refractivity contribution in [3.8, 4) is 0 Å². The zero-order chi connectivity index (χ0) is 13.6. The van der Waals surface area contributed by atoms with Crippen LogP contribution in [0.2, 0.25) is 5.02 Å². The molecule has 0 radical (unpaired) electrons. The molecule has 19 heavy (non-hydrogen) atoms. The zero-order valence-electron chi connectivity index (χ0n) is 9.75. The van der Waals surface area contributed by atoms with Crippen LogP contribution in [-0.4, -0.2) is 5.84 Å². The van der Waals surface area contributed by atoms with Gasteiger partial charge in [-0.2, -0.15) is 0 Å². The maximum atomic E-state index is 13.3. The van der Waals surface area contributed by atoms with Crippen molar-refractivity contribution in [2.45, 2.75) is 6.54 Å². The van der Waals surface area contributed by atoms with E-state index in [1.165, 1.54) is 30.3 Å². The minimum Gasteiger partial charge on any atom is -0.320 e. The van der Waals surface area contributed by atoms with Crippen LogP contribution in [0.1, 0.15) is 11.1 Å². The third kappa shape index (κ3) is 1.98. The molecule has 0 spiro atoms. The van der Waals surface area contributed by atoms with Gasteiger partial charge in [0.05, 0.1) is 17.3 Å². The number of anilines is 1. The van der Waals surface area contributed by atoms with Gasteiger partial charge in [0.1, 0.15) is 17.5 Å². The topological polar surface area (TPSA) is 27.1 Å². The summed E-state index contributed by atoms with van der Waals surface area (Å²) >= 11 is 6.04. The Morgan fingerprint density at radius 2 is 1.74 bits per heavy atom. The fourth-order valence-electron chi connectivity index (χ4n) is 2.20. The Morgan fingerprint density at radius 1 is 1.05 bits per heavy atom. The predicted octanol–water partition coefficient (Wildman–Crippen LogP) is 3.96. The van der Waals surface area contributed by atoms with Gasteiger partial charge < -0.3 is 4.90 Å². The molecular formula is C14H9ClF2N2. The van der Waals surface area contributed by atoms with Crippen LogP contribution < -0.4 is 4.90 Å². The first-order valence-electron chi connectivity index (χ1n) is 5.66. The van der Waals surface area contributed by atoms with E-state index in [-0.39, 0.29) is 5.84 Å². The highest BCUT2D eigenvalue weighted by atomic mass is 35.5. The van der Waals surface area contributed by atoms with Gasteiger partial charge in [-0.25, -0.2) is 8.78 Å². The number of rotatable bonds is 1. The number of hydrogen-bond acceptors (Lipinski definition) is 1. The van der Waals surface area contributed by atoms with E-state index in [9.17, 15) is 8.78 Å². The van der Waals surface area contributed by atoms with Crippen LogP contribution in [0.4, 0.5) is 14.5 Å². The molecule has 0 atom stereocenters. The predicted molar refractivity (Wildman–Crippen MR) is 70.8 cm³/mol. The van der Waals surface area contributed by atoms with E-state index in [1.54, 1.807) is 11.0 Å². The molecule has 1 heterocycles. The normalized spacial score (nSPS) is 13.8. The number of fused-ring (bicyclic) bond motifs is 1. The first-order valence-corrected chi connectivity index (χ1v) is 6.04. The molecule has 0 fully saturated rings. The van der Waals surface area contributed by atoms with E-state index < -0.39 is 11.6 Å². The van der Waals surface area contributed by atoms with E-state index in [4.69, 9.17) is 17.0 Å². The second kappa shape index (κ2) is 4.31. The van der Waals surface area contributed by atoms with Crippen LogP contribution in [0.25, 0.3) is 0 Å². The first kappa shape index (κ1) is 12.1. The SMILES string of the molecule is N=C1c2cc(F)ccc2CN1c1cc(F)ccc1Cl. The smallest absolute Gasteiger partial charge is 0.133 e. The summed E-state index contributed by atoms with van der Waals surface area (Å²) < 4.78 is 26.5. The fraction of sp³-hybridized carbons (Fsp3) is 0.0714. The summed E-state index contributed by atoms with van der Waals surface area (Å²) in [6.45, 7) is 0.387. The Balaban J connectivity index is 2.06. The van der Waals surface area contributed by atoms with Crippen molar-refractivity contribution < 1.29 is 8.78 Å². The van der Waals surface area contributed by atoms with E-state index >= 15 is 0 Å². The quantitative estimate of drug-likeness (QED) is 0.840. The number of hydrogen-bond donors (Lipinski definition) is 1. The Labute approximate surface area is 113 Å². The largest absolute Gasteiger partial charge is 0.320 e. The summed E-state index contributed by atoms with van der Waals surface area (Å²) in [5, 5.41) is 8.43. The van der Waals surface area contributed by atoms with Crippen LogP contribution in [0.15, 0.2) is 36.4 Å². The molecule has 2 aromatic rings. The molecule has 1 aliphatic heterocycles. The standard InChI is InChI=1S/C14H9ClF2N2/c15-12-4-3-10(17)6-13(12)19-7-8-1-2-9(16)5-11(8)14(19)18/h1-6,18H,7H2. The van der Waals surface area contributed by atoms with Gasteiger partial charge in [-0.15, -0.1) is 0 Å². The zero-order valence-corrected chi connectivity index (χ0v) is 10.5. The lowest BCUT2D eigenvalue weighted by molar-refractivity contribution is 0.627. The molecule has 0 aromatic heterocycles. The molecular weight excluding hydrogens is 270 g/mol. The molecule has 3 rings (SSSR count). The van der Waals surface area contributed by atoms with Gasteiger partial charge in [0, 0.05) is 5.56 Å². The Bertz CT molecular complexity index is 685. The maximum absolute atomic E-state index is 13.3. The molecule has 0 saturated carbocycles. The highest BCUT2D eigenvalue weighted by Crippen LogP contribution is 2.33. The molecule has 96 valence electrons. The Kier molecular flexibility index (Phi) is 2.75. The monoisotopic (exact) mass is 278 g/mol. The molecule has 1 aliphatic rings. The molecule has 2 nitrogen and oxygen atoms in total. The Morgan fingerprint density at radius 3 is 2.53 bits per heavy atom. The average molecular weight is 279 g/mol. The molecule has 0 aliphatic carbocycles. The molecule has 0 saturated heterocycles. The van der Waals surface area contributed by atoms with Gasteiger partial charge >= 0.3 is 0 Å². The highest BCUT2D eigenvalue weighted by Gasteiger charge is 2.27. The van der Waals surface area contributed by atoms with Crippen molar-refractivity contribution >= 4 is 23.1 Å². The van der Waals surface area contributed by atoms with E-state index in [1.807, 2.05) is 0 Å². The van der Waals surface area contributed by atoms with Crippen molar-refractivity contribution in [3.63, 3.8) is 0 Å². The minimum absolute atomic E-state index is 0.127. The molecule has 2 aromatic carbocycles. The van der Waals surface area contributed by atoms with Crippen LogP contribution in [0, 0.1) is 17.0 Å². The van der Waals surface area contributed by atoms with Gasteiger partial charge in [-0.05, 0) is 35.9 Å². The summed E-state index contributed by atoms with van der Waals surface area (Å²) in [6, 6.07) is 8.28. The van der Waals surface area contributed by atoms with Crippen LogP contribution in [0.3, 0.4) is 0 Å². The van der Waals surface area contributed by atoms with Gasteiger partial charge in [-0.3, -0.25) is 5.41 Å². The van der Waals surface area contributed by atoms with Crippen LogP contribution in [0.5, 0.6) is 0 Å². The van der Waals surface area contributed by atoms with Gasteiger partial charge in [0.25, 0.3) is 0 Å².